The van der Waals surface area contributed by atoms with Crippen LogP contribution in [-0.4, -0.2) is 5.78 Å². The summed E-state index contributed by atoms with van der Waals surface area (Å²) in [6, 6.07) is 9.75. The van der Waals surface area contributed by atoms with Crippen LogP contribution in [0.5, 0.6) is 0 Å². The summed E-state index contributed by atoms with van der Waals surface area (Å²) in [7, 11) is 0. The maximum atomic E-state index is 10.5. The molecule has 1 heteroatoms. The van der Waals surface area contributed by atoms with E-state index >= 15 is 0 Å². The molecule has 0 aliphatic heterocycles. The molecular formula is C16H28O. The highest BCUT2D eigenvalue weighted by molar-refractivity contribution is 5.91. The lowest BCUT2D eigenvalue weighted by molar-refractivity contribution is -0.112. The zero-order chi connectivity index (χ0) is 14.1. The van der Waals surface area contributed by atoms with Crippen molar-refractivity contribution in [3.8, 4) is 0 Å². The van der Waals surface area contributed by atoms with E-state index in [0.29, 0.717) is 0 Å². The second-order valence-electron chi connectivity index (χ2n) is 2.35. The Balaban J connectivity index is -0.000000285. The van der Waals surface area contributed by atoms with Crippen molar-refractivity contribution in [3.63, 3.8) is 0 Å². The first-order valence-electron chi connectivity index (χ1n) is 6.53. The lowest BCUT2D eigenvalue weighted by Crippen LogP contribution is -1.79. The van der Waals surface area contributed by atoms with E-state index in [2.05, 4.69) is 0 Å². The van der Waals surface area contributed by atoms with Crippen molar-refractivity contribution < 1.29 is 4.79 Å². The average Bonchev–Trinajstić information content (AvgIpc) is 2.44. The van der Waals surface area contributed by atoms with E-state index in [1.165, 1.54) is 0 Å². The minimum atomic E-state index is 0.0776. The number of ketones is 1. The van der Waals surface area contributed by atoms with Gasteiger partial charge in [-0.05, 0) is 18.6 Å². The molecule has 1 aromatic carbocycles. The van der Waals surface area contributed by atoms with Crippen LogP contribution in [0.2, 0.25) is 0 Å². The first-order chi connectivity index (χ1) is 8.29. The van der Waals surface area contributed by atoms with Gasteiger partial charge in [0.1, 0.15) is 0 Å². The second kappa shape index (κ2) is 20.1. The van der Waals surface area contributed by atoms with Crippen molar-refractivity contribution in [1.82, 2.24) is 0 Å². The quantitative estimate of drug-likeness (QED) is 0.631. The molecule has 17 heavy (non-hydrogen) atoms. The summed E-state index contributed by atoms with van der Waals surface area (Å²) in [5, 5.41) is 0. The van der Waals surface area contributed by atoms with Crippen LogP contribution >= 0.6 is 0 Å². The van der Waals surface area contributed by atoms with Crippen molar-refractivity contribution in [3.05, 3.63) is 42.0 Å². The number of rotatable bonds is 2. The smallest absolute Gasteiger partial charge is 0.152 e. The highest BCUT2D eigenvalue weighted by Crippen LogP contribution is 2.00. The highest BCUT2D eigenvalue weighted by atomic mass is 16.1. The van der Waals surface area contributed by atoms with Crippen LogP contribution in [-0.2, 0) is 4.79 Å². The maximum Gasteiger partial charge on any atom is 0.152 e. The van der Waals surface area contributed by atoms with Crippen LogP contribution < -0.4 is 0 Å². The van der Waals surface area contributed by atoms with Gasteiger partial charge in [0.2, 0.25) is 0 Å². The summed E-state index contributed by atoms with van der Waals surface area (Å²) >= 11 is 0. The van der Waals surface area contributed by atoms with Crippen LogP contribution in [0, 0.1) is 0 Å². The predicted octanol–water partition coefficient (Wildman–Crippen LogP) is 5.37. The van der Waals surface area contributed by atoms with E-state index in [4.69, 9.17) is 0 Å². The maximum absolute atomic E-state index is 10.5. The molecule has 0 aliphatic rings. The Kier molecular flexibility index (Phi) is 24.8. The number of carbonyl (C=O) groups excluding carboxylic acids is 1. The second-order valence-corrected chi connectivity index (χ2v) is 2.35. The van der Waals surface area contributed by atoms with Gasteiger partial charge in [-0.15, -0.1) is 0 Å². The molecule has 0 aliphatic carbocycles. The lowest BCUT2D eigenvalue weighted by atomic mass is 10.2. The van der Waals surface area contributed by atoms with Crippen LogP contribution in [0.4, 0.5) is 0 Å². The Morgan fingerprint density at radius 2 is 1.29 bits per heavy atom. The largest absolute Gasteiger partial charge is 0.295 e. The average molecular weight is 236 g/mol. The summed E-state index contributed by atoms with van der Waals surface area (Å²) in [6.45, 7) is 13.5. The first-order valence-corrected chi connectivity index (χ1v) is 6.53. The lowest BCUT2D eigenvalue weighted by Gasteiger charge is -1.88. The van der Waals surface area contributed by atoms with Crippen LogP contribution in [0.25, 0.3) is 6.08 Å². The topological polar surface area (TPSA) is 17.1 Å². The molecule has 0 fully saturated rings. The molecule has 0 saturated carbocycles. The third-order valence-corrected chi connectivity index (χ3v) is 1.31. The number of hydrogen-bond acceptors (Lipinski definition) is 1. The Bertz CT molecular complexity index is 260. The fourth-order valence-corrected chi connectivity index (χ4v) is 0.778. The number of benzene rings is 1. The zero-order valence-corrected chi connectivity index (χ0v) is 12.4. The minimum Gasteiger partial charge on any atom is -0.295 e. The van der Waals surface area contributed by atoms with Crippen molar-refractivity contribution in [2.75, 3.05) is 0 Å². The molecule has 0 aromatic heterocycles. The van der Waals surface area contributed by atoms with E-state index in [1.54, 1.807) is 13.0 Å². The predicted molar refractivity (Wildman–Crippen MR) is 80.2 cm³/mol. The van der Waals surface area contributed by atoms with Gasteiger partial charge in [-0.3, -0.25) is 4.79 Å². The molecule has 0 spiro atoms. The van der Waals surface area contributed by atoms with Gasteiger partial charge in [0, 0.05) is 0 Å². The minimum absolute atomic E-state index is 0.0776. The Hall–Kier alpha value is -1.37. The van der Waals surface area contributed by atoms with Crippen LogP contribution in [0.15, 0.2) is 36.4 Å². The number of hydrogen-bond donors (Lipinski definition) is 0. The number of carbonyl (C=O) groups is 1. The van der Waals surface area contributed by atoms with E-state index in [9.17, 15) is 4.79 Å². The molecule has 1 aromatic rings. The van der Waals surface area contributed by atoms with Gasteiger partial charge in [0.05, 0.1) is 0 Å². The van der Waals surface area contributed by atoms with Gasteiger partial charge >= 0.3 is 0 Å². The summed E-state index contributed by atoms with van der Waals surface area (Å²) < 4.78 is 0. The van der Waals surface area contributed by atoms with E-state index in [0.717, 1.165) is 5.56 Å². The molecule has 1 nitrogen and oxygen atoms in total. The van der Waals surface area contributed by atoms with Gasteiger partial charge in [-0.25, -0.2) is 0 Å². The molecule has 0 N–H and O–H groups in total. The zero-order valence-electron chi connectivity index (χ0n) is 12.4. The van der Waals surface area contributed by atoms with Gasteiger partial charge < -0.3 is 0 Å². The van der Waals surface area contributed by atoms with Gasteiger partial charge in [-0.1, -0.05) is 78.0 Å². The highest BCUT2D eigenvalue weighted by Gasteiger charge is 1.83. The summed E-state index contributed by atoms with van der Waals surface area (Å²) in [4.78, 5) is 10.5. The molecule has 98 valence electrons. The third-order valence-electron chi connectivity index (χ3n) is 1.31. The fourth-order valence-electron chi connectivity index (χ4n) is 0.778. The summed E-state index contributed by atoms with van der Waals surface area (Å²) in [5.74, 6) is 0.0776. The summed E-state index contributed by atoms with van der Waals surface area (Å²) in [6.07, 6.45) is 3.37. The van der Waals surface area contributed by atoms with Crippen molar-refractivity contribution >= 4 is 11.9 Å². The standard InChI is InChI=1S/C10H10O.3C2H6/c1-9(11)7-8-10-5-3-2-4-6-10;3*1-2/h2-8H,1H3;3*1-2H3/b8-7+;;;. The van der Waals surface area contributed by atoms with Crippen molar-refractivity contribution in [1.29, 1.82) is 0 Å². The summed E-state index contributed by atoms with van der Waals surface area (Å²) in [5.41, 5.74) is 1.06. The Labute approximate surface area is 108 Å². The van der Waals surface area contributed by atoms with Crippen molar-refractivity contribution in [2.45, 2.75) is 48.5 Å². The van der Waals surface area contributed by atoms with E-state index < -0.39 is 0 Å². The number of allylic oxidation sites excluding steroid dienone is 1. The molecule has 0 unspecified atom stereocenters. The van der Waals surface area contributed by atoms with Crippen LogP contribution in [0.1, 0.15) is 54.0 Å². The molecule has 0 atom stereocenters. The fraction of sp³-hybridized carbons (Fsp3) is 0.438. The normalized spacial score (nSPS) is 7.71. The molecule has 0 amide bonds. The van der Waals surface area contributed by atoms with Gasteiger partial charge in [0.25, 0.3) is 0 Å². The molecule has 0 radical (unpaired) electrons. The van der Waals surface area contributed by atoms with Crippen LogP contribution in [0.3, 0.4) is 0 Å². The molecule has 0 saturated heterocycles. The molecule has 1 rings (SSSR count). The molecule has 0 bridgehead atoms. The third kappa shape index (κ3) is 17.3. The SMILES string of the molecule is CC.CC.CC.CC(=O)/C=C/c1ccccc1. The molecular weight excluding hydrogens is 208 g/mol. The molecule has 0 heterocycles. The Morgan fingerprint density at radius 1 is 0.882 bits per heavy atom. The van der Waals surface area contributed by atoms with E-state index in [1.807, 2.05) is 78.0 Å². The van der Waals surface area contributed by atoms with E-state index in [-0.39, 0.29) is 5.78 Å². The van der Waals surface area contributed by atoms with Gasteiger partial charge in [-0.2, -0.15) is 0 Å². The van der Waals surface area contributed by atoms with Gasteiger partial charge in [0.15, 0.2) is 5.78 Å². The monoisotopic (exact) mass is 236 g/mol. The Morgan fingerprint density at radius 3 is 1.65 bits per heavy atom. The van der Waals surface area contributed by atoms with Crippen molar-refractivity contribution in [2.24, 2.45) is 0 Å². The first kappa shape index (κ1) is 21.0.